The van der Waals surface area contributed by atoms with Crippen LogP contribution in [-0.4, -0.2) is 5.71 Å². The number of benzene rings is 3. The van der Waals surface area contributed by atoms with E-state index in [1.807, 2.05) is 42.1 Å². The van der Waals surface area contributed by atoms with E-state index in [1.165, 1.54) is 32.1 Å². The summed E-state index contributed by atoms with van der Waals surface area (Å²) in [6.45, 7) is 0. The SMILES string of the molecule is C1=CC(=C2C=C(c3ccccc3)SC(c3ccccc3)=C2)C=CC1=Nc1ccccc1. The predicted molar refractivity (Wildman–Crippen MR) is 135 cm³/mol. The Morgan fingerprint density at radius 1 is 0.484 bits per heavy atom. The van der Waals surface area contributed by atoms with Crippen molar-refractivity contribution in [3.05, 3.63) is 150 Å². The number of aliphatic imine (C=N–C) groups is 1. The summed E-state index contributed by atoms with van der Waals surface area (Å²) in [5, 5.41) is 0. The average molecular weight is 416 g/mol. The lowest BCUT2D eigenvalue weighted by molar-refractivity contribution is 1.50. The van der Waals surface area contributed by atoms with Crippen LogP contribution in [0.5, 0.6) is 0 Å². The van der Waals surface area contributed by atoms with Gasteiger partial charge in [0.05, 0.1) is 11.4 Å². The number of hydrogen-bond acceptors (Lipinski definition) is 2. The Kier molecular flexibility index (Phi) is 5.64. The van der Waals surface area contributed by atoms with Gasteiger partial charge in [0.1, 0.15) is 0 Å². The van der Waals surface area contributed by atoms with Gasteiger partial charge in [0.2, 0.25) is 0 Å². The smallest absolute Gasteiger partial charge is 0.0637 e. The van der Waals surface area contributed by atoms with Crippen LogP contribution in [0.3, 0.4) is 0 Å². The van der Waals surface area contributed by atoms with Crippen molar-refractivity contribution in [1.82, 2.24) is 0 Å². The van der Waals surface area contributed by atoms with E-state index in [4.69, 9.17) is 4.99 Å². The molecule has 0 bridgehead atoms. The molecular weight excluding hydrogens is 394 g/mol. The predicted octanol–water partition coefficient (Wildman–Crippen LogP) is 8.01. The first-order valence-corrected chi connectivity index (χ1v) is 11.1. The maximum Gasteiger partial charge on any atom is 0.0637 e. The van der Waals surface area contributed by atoms with E-state index in [-0.39, 0.29) is 0 Å². The van der Waals surface area contributed by atoms with Crippen molar-refractivity contribution < 1.29 is 0 Å². The van der Waals surface area contributed by atoms with Crippen LogP contribution in [-0.2, 0) is 0 Å². The molecule has 0 radical (unpaired) electrons. The number of allylic oxidation sites excluding steroid dienone is 8. The molecular formula is C29H21NS. The van der Waals surface area contributed by atoms with Crippen LogP contribution in [0, 0.1) is 0 Å². The van der Waals surface area contributed by atoms with Crippen LogP contribution in [0.1, 0.15) is 11.1 Å². The van der Waals surface area contributed by atoms with Gasteiger partial charge in [0.25, 0.3) is 0 Å². The van der Waals surface area contributed by atoms with Crippen molar-refractivity contribution in [2.45, 2.75) is 0 Å². The zero-order valence-corrected chi connectivity index (χ0v) is 17.8. The van der Waals surface area contributed by atoms with Crippen molar-refractivity contribution in [2.24, 2.45) is 4.99 Å². The molecule has 3 aromatic carbocycles. The van der Waals surface area contributed by atoms with E-state index < -0.39 is 0 Å². The lowest BCUT2D eigenvalue weighted by Gasteiger charge is -2.19. The third-order valence-corrected chi connectivity index (χ3v) is 6.27. The van der Waals surface area contributed by atoms with E-state index in [9.17, 15) is 0 Å². The Hall–Kier alpha value is -3.62. The first-order valence-electron chi connectivity index (χ1n) is 10.3. The molecule has 1 nitrogen and oxygen atoms in total. The number of nitrogens with zero attached hydrogens (tertiary/aromatic N) is 1. The second kappa shape index (κ2) is 9.03. The van der Waals surface area contributed by atoms with E-state index in [0.717, 1.165) is 11.4 Å². The topological polar surface area (TPSA) is 12.4 Å². The van der Waals surface area contributed by atoms with Gasteiger partial charge in [-0.05, 0) is 58.7 Å². The van der Waals surface area contributed by atoms with Crippen LogP contribution < -0.4 is 0 Å². The molecule has 1 aliphatic carbocycles. The van der Waals surface area contributed by atoms with Crippen LogP contribution in [0.25, 0.3) is 9.81 Å². The number of thioether (sulfide) groups is 1. The highest BCUT2D eigenvalue weighted by Gasteiger charge is 2.16. The summed E-state index contributed by atoms with van der Waals surface area (Å²) in [6, 6.07) is 31.3. The highest BCUT2D eigenvalue weighted by atomic mass is 32.2. The molecule has 1 aliphatic heterocycles. The number of para-hydroxylation sites is 1. The zero-order chi connectivity index (χ0) is 20.9. The third kappa shape index (κ3) is 4.60. The number of rotatable bonds is 3. The summed E-state index contributed by atoms with van der Waals surface area (Å²) in [7, 11) is 0. The maximum absolute atomic E-state index is 4.71. The van der Waals surface area contributed by atoms with Crippen LogP contribution >= 0.6 is 11.8 Å². The molecule has 0 fully saturated rings. The fourth-order valence-electron chi connectivity index (χ4n) is 3.54. The molecule has 0 saturated carbocycles. The van der Waals surface area contributed by atoms with Gasteiger partial charge in [-0.25, -0.2) is 4.99 Å². The molecule has 0 N–H and O–H groups in total. The minimum atomic E-state index is 0.959. The summed E-state index contributed by atoms with van der Waals surface area (Å²) in [4.78, 5) is 7.23. The van der Waals surface area contributed by atoms with Gasteiger partial charge in [-0.1, -0.05) is 103 Å². The Balaban J connectivity index is 1.53. The van der Waals surface area contributed by atoms with Crippen LogP contribution in [0.15, 0.2) is 144 Å². The summed E-state index contributed by atoms with van der Waals surface area (Å²) in [5.41, 5.74) is 6.80. The highest BCUT2D eigenvalue weighted by molar-refractivity contribution is 8.16. The van der Waals surface area contributed by atoms with Crippen molar-refractivity contribution >= 4 is 33.0 Å². The molecule has 1 heterocycles. The van der Waals surface area contributed by atoms with E-state index in [2.05, 4.69) is 97.1 Å². The molecule has 0 atom stereocenters. The molecule has 5 rings (SSSR count). The first kappa shape index (κ1) is 19.3. The lowest BCUT2D eigenvalue weighted by Crippen LogP contribution is -1.97. The van der Waals surface area contributed by atoms with Crippen molar-refractivity contribution in [3.8, 4) is 0 Å². The fraction of sp³-hybridized carbons (Fsp3) is 0. The van der Waals surface area contributed by atoms with Gasteiger partial charge in [-0.15, -0.1) is 0 Å². The second-order valence-corrected chi connectivity index (χ2v) is 8.38. The van der Waals surface area contributed by atoms with Gasteiger partial charge in [-0.2, -0.15) is 0 Å². The van der Waals surface area contributed by atoms with Crippen molar-refractivity contribution in [3.63, 3.8) is 0 Å². The van der Waals surface area contributed by atoms with Crippen molar-refractivity contribution in [2.75, 3.05) is 0 Å². The van der Waals surface area contributed by atoms with Gasteiger partial charge >= 0.3 is 0 Å². The third-order valence-electron chi connectivity index (χ3n) is 5.12. The Morgan fingerprint density at radius 3 is 1.48 bits per heavy atom. The monoisotopic (exact) mass is 415 g/mol. The fourth-order valence-corrected chi connectivity index (χ4v) is 4.65. The summed E-state index contributed by atoms with van der Waals surface area (Å²) >= 11 is 1.82. The first-order chi connectivity index (χ1) is 15.3. The Bertz CT molecular complexity index is 1180. The average Bonchev–Trinajstić information content (AvgIpc) is 2.86. The molecule has 2 heteroatoms. The Morgan fingerprint density at radius 2 is 0.968 bits per heavy atom. The molecule has 0 unspecified atom stereocenters. The molecule has 0 amide bonds. The molecule has 2 aliphatic rings. The Labute approximate surface area is 187 Å². The lowest BCUT2D eigenvalue weighted by atomic mass is 9.99. The summed E-state index contributed by atoms with van der Waals surface area (Å²) < 4.78 is 0. The maximum atomic E-state index is 4.71. The summed E-state index contributed by atoms with van der Waals surface area (Å²) in [6.07, 6.45) is 13.1. The molecule has 31 heavy (non-hydrogen) atoms. The molecule has 0 spiro atoms. The number of hydrogen-bond donors (Lipinski definition) is 0. The van der Waals surface area contributed by atoms with Gasteiger partial charge in [0.15, 0.2) is 0 Å². The molecule has 0 saturated heterocycles. The van der Waals surface area contributed by atoms with E-state index in [1.54, 1.807) is 0 Å². The standard InChI is InChI=1S/C29H21NS/c1-4-10-23(11-5-1)28-20-25(21-29(31-28)24-12-6-2-7-13-24)22-16-18-27(19-17-22)30-26-14-8-3-9-15-26/h1-21H. The van der Waals surface area contributed by atoms with Gasteiger partial charge in [0, 0.05) is 9.81 Å². The molecule has 0 aromatic heterocycles. The normalized spacial score (nSPS) is 15.5. The summed E-state index contributed by atoms with van der Waals surface area (Å²) in [5.74, 6) is 0. The van der Waals surface area contributed by atoms with Crippen LogP contribution in [0.4, 0.5) is 5.69 Å². The van der Waals surface area contributed by atoms with E-state index in [0.29, 0.717) is 0 Å². The quantitative estimate of drug-likeness (QED) is 0.422. The largest absolute Gasteiger partial charge is 0.249 e. The zero-order valence-electron chi connectivity index (χ0n) is 17.0. The minimum Gasteiger partial charge on any atom is -0.249 e. The molecule has 3 aromatic rings. The highest BCUT2D eigenvalue weighted by Crippen LogP contribution is 2.44. The van der Waals surface area contributed by atoms with Crippen molar-refractivity contribution in [1.29, 1.82) is 0 Å². The minimum absolute atomic E-state index is 0.959. The van der Waals surface area contributed by atoms with E-state index >= 15 is 0 Å². The second-order valence-electron chi connectivity index (χ2n) is 7.30. The van der Waals surface area contributed by atoms with Gasteiger partial charge in [-0.3, -0.25) is 0 Å². The van der Waals surface area contributed by atoms with Gasteiger partial charge < -0.3 is 0 Å². The van der Waals surface area contributed by atoms with Crippen LogP contribution in [0.2, 0.25) is 0 Å². The molecule has 148 valence electrons.